The summed E-state index contributed by atoms with van der Waals surface area (Å²) in [7, 11) is 0. The second-order valence-corrected chi connectivity index (χ2v) is 3.09. The summed E-state index contributed by atoms with van der Waals surface area (Å²) in [5.74, 6) is -2.38. The molecule has 7 heteroatoms. The van der Waals surface area contributed by atoms with Gasteiger partial charge >= 0.3 is 12.1 Å². The van der Waals surface area contributed by atoms with Gasteiger partial charge in [-0.2, -0.15) is 13.2 Å². The van der Waals surface area contributed by atoms with Crippen LogP contribution in [0.5, 0.6) is 0 Å². The van der Waals surface area contributed by atoms with Crippen molar-refractivity contribution in [2.75, 3.05) is 0 Å². The number of carboxylic acid groups (broad SMARTS) is 1. The number of aliphatic carboxylic acids is 1. The maximum Gasteiger partial charge on any atom is 0.389 e. The van der Waals surface area contributed by atoms with Crippen LogP contribution in [0.1, 0.15) is 24.6 Å². The number of H-pyrrole nitrogens is 1. The van der Waals surface area contributed by atoms with Crippen molar-refractivity contribution in [2.45, 2.75) is 24.9 Å². The summed E-state index contributed by atoms with van der Waals surface area (Å²) in [4.78, 5) is 16.5. The Labute approximate surface area is 83.1 Å². The van der Waals surface area contributed by atoms with Crippen LogP contribution in [0.25, 0.3) is 0 Å². The zero-order valence-corrected chi connectivity index (χ0v) is 7.58. The molecule has 0 radical (unpaired) electrons. The first-order chi connectivity index (χ1) is 6.88. The van der Waals surface area contributed by atoms with Gasteiger partial charge in [0.25, 0.3) is 0 Å². The molecule has 15 heavy (non-hydrogen) atoms. The smallest absolute Gasteiger partial charge is 0.389 e. The Hall–Kier alpha value is -1.53. The molecule has 0 spiro atoms. The maximum absolute atomic E-state index is 12.1. The summed E-state index contributed by atoms with van der Waals surface area (Å²) in [6.07, 6.45) is -3.52. The fourth-order valence-electron chi connectivity index (χ4n) is 1.26. The number of rotatable bonds is 4. The van der Waals surface area contributed by atoms with Crippen molar-refractivity contribution in [3.8, 4) is 0 Å². The van der Waals surface area contributed by atoms with E-state index in [1.165, 1.54) is 12.4 Å². The molecule has 1 atom stereocenters. The highest BCUT2D eigenvalue weighted by atomic mass is 19.4. The predicted molar refractivity (Wildman–Crippen MR) is 44.3 cm³/mol. The van der Waals surface area contributed by atoms with Crippen LogP contribution in [0.15, 0.2) is 12.4 Å². The summed E-state index contributed by atoms with van der Waals surface area (Å²) in [6.45, 7) is 0. The van der Waals surface area contributed by atoms with Crippen LogP contribution in [0.2, 0.25) is 0 Å². The lowest BCUT2D eigenvalue weighted by Crippen LogP contribution is -2.17. The van der Waals surface area contributed by atoms with Gasteiger partial charge in [-0.1, -0.05) is 0 Å². The summed E-state index contributed by atoms with van der Waals surface area (Å²) < 4.78 is 36.3. The molecule has 0 aliphatic rings. The molecule has 1 unspecified atom stereocenters. The van der Waals surface area contributed by atoms with E-state index < -0.39 is 30.9 Å². The van der Waals surface area contributed by atoms with Crippen molar-refractivity contribution < 1.29 is 23.1 Å². The van der Waals surface area contributed by atoms with E-state index in [1.807, 2.05) is 0 Å². The van der Waals surface area contributed by atoms with E-state index in [9.17, 15) is 18.0 Å². The van der Waals surface area contributed by atoms with Gasteiger partial charge in [-0.05, 0) is 0 Å². The van der Waals surface area contributed by atoms with Gasteiger partial charge in [-0.25, -0.2) is 4.98 Å². The Kier molecular flexibility index (Phi) is 3.33. The predicted octanol–water partition coefficient (Wildman–Crippen LogP) is 1.92. The number of carboxylic acids is 1. The van der Waals surface area contributed by atoms with Crippen LogP contribution in [0, 0.1) is 0 Å². The highest BCUT2D eigenvalue weighted by Crippen LogP contribution is 2.31. The quantitative estimate of drug-likeness (QED) is 0.817. The lowest BCUT2D eigenvalue weighted by Gasteiger charge is -2.14. The number of nitrogens with one attached hydrogen (secondary N) is 1. The molecule has 0 bridgehead atoms. The van der Waals surface area contributed by atoms with Crippen LogP contribution in [0.4, 0.5) is 13.2 Å². The second-order valence-electron chi connectivity index (χ2n) is 3.09. The normalized spacial score (nSPS) is 13.8. The van der Waals surface area contributed by atoms with Crippen LogP contribution in [-0.4, -0.2) is 27.2 Å². The summed E-state index contributed by atoms with van der Waals surface area (Å²) in [5.41, 5.74) is 0. The van der Waals surface area contributed by atoms with E-state index in [-0.39, 0.29) is 5.82 Å². The van der Waals surface area contributed by atoms with Crippen LogP contribution < -0.4 is 0 Å². The van der Waals surface area contributed by atoms with E-state index in [2.05, 4.69) is 9.97 Å². The number of aromatic amines is 1. The number of aromatic nitrogens is 2. The molecule has 0 amide bonds. The number of hydrogen-bond acceptors (Lipinski definition) is 2. The molecule has 0 saturated heterocycles. The topological polar surface area (TPSA) is 66.0 Å². The molecule has 1 aromatic heterocycles. The van der Waals surface area contributed by atoms with E-state index in [0.29, 0.717) is 0 Å². The maximum atomic E-state index is 12.1. The highest BCUT2D eigenvalue weighted by molar-refractivity contribution is 5.67. The van der Waals surface area contributed by atoms with E-state index >= 15 is 0 Å². The molecular weight excluding hydrogens is 213 g/mol. The van der Waals surface area contributed by atoms with Crippen LogP contribution in [0.3, 0.4) is 0 Å². The van der Waals surface area contributed by atoms with Gasteiger partial charge in [-0.15, -0.1) is 0 Å². The third kappa shape index (κ3) is 4.01. The van der Waals surface area contributed by atoms with Gasteiger partial charge in [0, 0.05) is 18.3 Å². The number of alkyl halides is 3. The number of halogens is 3. The average Bonchev–Trinajstić information content (AvgIpc) is 2.50. The number of imidazole rings is 1. The molecule has 0 aromatic carbocycles. The Balaban J connectivity index is 2.75. The van der Waals surface area contributed by atoms with Crippen LogP contribution >= 0.6 is 0 Å². The molecule has 1 rings (SSSR count). The fourth-order valence-corrected chi connectivity index (χ4v) is 1.26. The van der Waals surface area contributed by atoms with Gasteiger partial charge in [0.15, 0.2) is 0 Å². The molecule has 0 fully saturated rings. The van der Waals surface area contributed by atoms with Crippen molar-refractivity contribution in [2.24, 2.45) is 0 Å². The van der Waals surface area contributed by atoms with Crippen molar-refractivity contribution in [3.63, 3.8) is 0 Å². The molecule has 84 valence electrons. The van der Waals surface area contributed by atoms with Gasteiger partial charge in [-0.3, -0.25) is 4.79 Å². The first-order valence-corrected chi connectivity index (χ1v) is 4.16. The van der Waals surface area contributed by atoms with E-state index in [4.69, 9.17) is 5.11 Å². The molecule has 1 heterocycles. The number of nitrogens with zero attached hydrogens (tertiary/aromatic N) is 1. The van der Waals surface area contributed by atoms with Crippen molar-refractivity contribution in [1.29, 1.82) is 0 Å². The lowest BCUT2D eigenvalue weighted by molar-refractivity contribution is -0.146. The Morgan fingerprint density at radius 1 is 1.60 bits per heavy atom. The van der Waals surface area contributed by atoms with E-state index in [0.717, 1.165) is 0 Å². The Morgan fingerprint density at radius 2 is 2.27 bits per heavy atom. The number of hydrogen-bond donors (Lipinski definition) is 2. The Bertz CT molecular complexity index is 321. The summed E-state index contributed by atoms with van der Waals surface area (Å²) in [5, 5.41) is 8.47. The minimum atomic E-state index is -4.40. The van der Waals surface area contributed by atoms with Gasteiger partial charge in [0.1, 0.15) is 5.82 Å². The first-order valence-electron chi connectivity index (χ1n) is 4.16. The van der Waals surface area contributed by atoms with Crippen molar-refractivity contribution in [1.82, 2.24) is 9.97 Å². The largest absolute Gasteiger partial charge is 0.481 e. The minimum absolute atomic E-state index is 0.0507. The third-order valence-corrected chi connectivity index (χ3v) is 1.80. The zero-order valence-electron chi connectivity index (χ0n) is 7.58. The first kappa shape index (κ1) is 11.5. The van der Waals surface area contributed by atoms with Crippen LogP contribution in [-0.2, 0) is 4.79 Å². The summed E-state index contributed by atoms with van der Waals surface area (Å²) in [6, 6.07) is 0. The third-order valence-electron chi connectivity index (χ3n) is 1.80. The van der Waals surface area contributed by atoms with Gasteiger partial charge in [0.2, 0.25) is 0 Å². The average molecular weight is 222 g/mol. The standard InChI is InChI=1S/C8H9F3N2O2/c9-8(10,11)4-5(3-6(14)15)7-12-1-2-13-7/h1-2,5H,3-4H2,(H,12,13)(H,14,15). The highest BCUT2D eigenvalue weighted by Gasteiger charge is 2.34. The van der Waals surface area contributed by atoms with Gasteiger partial charge in [0.05, 0.1) is 12.8 Å². The molecule has 0 aliphatic carbocycles. The van der Waals surface area contributed by atoms with E-state index in [1.54, 1.807) is 0 Å². The molecule has 0 aliphatic heterocycles. The van der Waals surface area contributed by atoms with Gasteiger partial charge < -0.3 is 10.1 Å². The second kappa shape index (κ2) is 4.33. The molecule has 1 aromatic rings. The molecule has 2 N–H and O–H groups in total. The molecule has 4 nitrogen and oxygen atoms in total. The monoisotopic (exact) mass is 222 g/mol. The van der Waals surface area contributed by atoms with Crippen molar-refractivity contribution >= 4 is 5.97 Å². The SMILES string of the molecule is O=C(O)CC(CC(F)(F)F)c1ncc[nH]1. The zero-order chi connectivity index (χ0) is 11.5. The van der Waals surface area contributed by atoms with Crippen molar-refractivity contribution in [3.05, 3.63) is 18.2 Å². The number of carbonyl (C=O) groups is 1. The minimum Gasteiger partial charge on any atom is -0.481 e. The fraction of sp³-hybridized carbons (Fsp3) is 0.500. The Morgan fingerprint density at radius 3 is 2.67 bits per heavy atom. The molecular formula is C8H9F3N2O2. The summed E-state index contributed by atoms with van der Waals surface area (Å²) >= 11 is 0. The lowest BCUT2D eigenvalue weighted by atomic mass is 10.0. The molecule has 0 saturated carbocycles.